The van der Waals surface area contributed by atoms with E-state index in [0.717, 1.165) is 103 Å². The van der Waals surface area contributed by atoms with E-state index >= 15 is 0 Å². The topological polar surface area (TPSA) is 149 Å². The normalized spacial score (nSPS) is 20.9. The number of hydrogen-bond donors (Lipinski definition) is 6. The van der Waals surface area contributed by atoms with Crippen LogP contribution < -0.4 is 5.32 Å². The Hall–Kier alpha value is -3.15. The summed E-state index contributed by atoms with van der Waals surface area (Å²) in [6.45, 7) is 3.61. The molecule has 1 saturated heterocycles. The predicted octanol–water partition coefficient (Wildman–Crippen LogP) is 11.8. The molecular weight excluding hydrogens is 815 g/mol. The number of carbonyl (C=O) groups excluding carboxylic acids is 1. The summed E-state index contributed by atoms with van der Waals surface area (Å²) in [6, 6.07) is -0.840. The van der Waals surface area contributed by atoms with Gasteiger partial charge in [0.2, 0.25) is 5.91 Å². The summed E-state index contributed by atoms with van der Waals surface area (Å²) in [6.07, 6.45) is 58.5. The summed E-state index contributed by atoms with van der Waals surface area (Å²) < 4.78 is 11.2. The quantitative estimate of drug-likeness (QED) is 0.0262. The molecule has 0 aliphatic carbocycles. The zero-order valence-corrected chi connectivity index (χ0v) is 40.7. The van der Waals surface area contributed by atoms with Gasteiger partial charge in [-0.05, 0) is 89.9 Å². The summed E-state index contributed by atoms with van der Waals surface area (Å²) in [7, 11) is 0. The van der Waals surface area contributed by atoms with Crippen molar-refractivity contribution in [2.24, 2.45) is 0 Å². The Morgan fingerprint density at radius 3 is 1.48 bits per heavy atom. The number of unbranched alkanes of at least 4 members (excludes halogenated alkanes) is 15. The fraction of sp³-hybridized carbons (Fsp3) is 0.661. The van der Waals surface area contributed by atoms with E-state index < -0.39 is 49.5 Å². The third kappa shape index (κ3) is 34.8. The third-order valence-corrected chi connectivity index (χ3v) is 11.3. The first-order chi connectivity index (χ1) is 31.8. The molecular formula is C56H93NO8. The van der Waals surface area contributed by atoms with Gasteiger partial charge in [-0.15, -0.1) is 0 Å². The Morgan fingerprint density at radius 1 is 0.538 bits per heavy atom. The molecule has 1 aliphatic rings. The van der Waals surface area contributed by atoms with Crippen LogP contribution in [0.15, 0.2) is 109 Å². The Kier molecular flexibility index (Phi) is 41.1. The van der Waals surface area contributed by atoms with E-state index in [9.17, 15) is 30.3 Å². The van der Waals surface area contributed by atoms with E-state index in [1.165, 1.54) is 57.8 Å². The zero-order valence-electron chi connectivity index (χ0n) is 40.7. The maximum Gasteiger partial charge on any atom is 0.220 e. The van der Waals surface area contributed by atoms with Crippen LogP contribution in [0.2, 0.25) is 0 Å². The van der Waals surface area contributed by atoms with Gasteiger partial charge in [0.1, 0.15) is 24.4 Å². The molecule has 1 rings (SSSR count). The number of rotatable bonds is 41. The zero-order chi connectivity index (χ0) is 47.3. The number of aliphatic hydroxyl groups excluding tert-OH is 5. The smallest absolute Gasteiger partial charge is 0.220 e. The van der Waals surface area contributed by atoms with Gasteiger partial charge < -0.3 is 40.3 Å². The van der Waals surface area contributed by atoms with Crippen LogP contribution in [0, 0.1) is 0 Å². The van der Waals surface area contributed by atoms with E-state index in [1.807, 2.05) is 6.08 Å². The van der Waals surface area contributed by atoms with E-state index in [2.05, 4.69) is 116 Å². The SMILES string of the molecule is CC/C=C\C/C=C\C/C=C\C/C=C\C/C=C\C/C=C\C/C=C\CCCCCCCC(=O)NC(COC1OC(CO)C(O)C(O)C1O)C(O)/C=C/CC/C=C/CCCCCCCCCCC. The molecule has 9 nitrogen and oxygen atoms in total. The molecule has 7 atom stereocenters. The summed E-state index contributed by atoms with van der Waals surface area (Å²) in [5.74, 6) is -0.211. The van der Waals surface area contributed by atoms with Crippen molar-refractivity contribution >= 4 is 5.91 Å². The predicted molar refractivity (Wildman–Crippen MR) is 271 cm³/mol. The minimum absolute atomic E-state index is 0.211. The van der Waals surface area contributed by atoms with E-state index in [0.29, 0.717) is 6.42 Å². The molecule has 65 heavy (non-hydrogen) atoms. The van der Waals surface area contributed by atoms with Gasteiger partial charge in [-0.2, -0.15) is 0 Å². The maximum absolute atomic E-state index is 13.0. The van der Waals surface area contributed by atoms with Gasteiger partial charge in [0, 0.05) is 6.42 Å². The first-order valence-corrected chi connectivity index (χ1v) is 25.6. The molecule has 1 amide bonds. The van der Waals surface area contributed by atoms with Gasteiger partial charge in [-0.1, -0.05) is 194 Å². The van der Waals surface area contributed by atoms with Gasteiger partial charge in [0.25, 0.3) is 0 Å². The Morgan fingerprint density at radius 2 is 0.969 bits per heavy atom. The molecule has 370 valence electrons. The molecule has 6 N–H and O–H groups in total. The van der Waals surface area contributed by atoms with Crippen molar-refractivity contribution in [3.8, 4) is 0 Å². The molecule has 1 fully saturated rings. The molecule has 7 unspecified atom stereocenters. The van der Waals surface area contributed by atoms with Crippen molar-refractivity contribution in [3.63, 3.8) is 0 Å². The Bertz CT molecular complexity index is 1380. The lowest BCUT2D eigenvalue weighted by atomic mass is 9.99. The largest absolute Gasteiger partial charge is 0.394 e. The molecule has 1 aliphatic heterocycles. The fourth-order valence-corrected chi connectivity index (χ4v) is 7.27. The number of allylic oxidation sites excluding steroid dienone is 17. The summed E-state index contributed by atoms with van der Waals surface area (Å²) in [4.78, 5) is 13.0. The highest BCUT2D eigenvalue weighted by Gasteiger charge is 2.44. The lowest BCUT2D eigenvalue weighted by Gasteiger charge is -2.40. The molecule has 0 aromatic carbocycles. The first-order valence-electron chi connectivity index (χ1n) is 25.6. The molecule has 0 aromatic heterocycles. The average Bonchev–Trinajstić information content (AvgIpc) is 3.31. The van der Waals surface area contributed by atoms with Crippen LogP contribution in [-0.4, -0.2) is 87.5 Å². The molecule has 0 radical (unpaired) electrons. The van der Waals surface area contributed by atoms with Gasteiger partial charge in [0.05, 0.1) is 25.4 Å². The minimum atomic E-state index is -1.58. The van der Waals surface area contributed by atoms with Crippen LogP contribution in [0.25, 0.3) is 0 Å². The second-order valence-electron chi connectivity index (χ2n) is 17.2. The van der Waals surface area contributed by atoms with Crippen molar-refractivity contribution in [3.05, 3.63) is 109 Å². The summed E-state index contributed by atoms with van der Waals surface area (Å²) in [5.41, 5.74) is 0. The Balaban J connectivity index is 2.33. The van der Waals surface area contributed by atoms with E-state index in [4.69, 9.17) is 9.47 Å². The van der Waals surface area contributed by atoms with Crippen LogP contribution in [0.3, 0.4) is 0 Å². The van der Waals surface area contributed by atoms with Gasteiger partial charge >= 0.3 is 0 Å². The molecule has 9 heteroatoms. The average molecular weight is 908 g/mol. The second-order valence-corrected chi connectivity index (χ2v) is 17.2. The molecule has 0 aromatic rings. The number of amides is 1. The summed E-state index contributed by atoms with van der Waals surface area (Å²) in [5, 5.41) is 54.3. The highest BCUT2D eigenvalue weighted by atomic mass is 16.7. The standard InChI is InChI=1S/C56H93NO8/c1-3-5-7-9-11-13-15-17-19-20-21-22-23-24-25-26-27-28-29-30-32-34-36-38-40-42-44-46-52(60)57-49(48-64-56-55(63)54(62)53(61)51(47-58)65-56)50(59)45-43-41-39-37-35-33-31-18-16-14-12-10-8-6-4-2/h5,7,11,13,17,19,21-22,24-25,27-28,30,32,35,37,43,45,49-51,53-56,58-59,61-63H,3-4,6,8-10,12,14-16,18,20,23,26,29,31,33-34,36,38-42,44,46-48H2,1-2H3,(H,57,60)/b7-5-,13-11-,19-17-,22-21-,25-24-,28-27-,32-30-,37-35+,45-43+. The fourth-order valence-electron chi connectivity index (χ4n) is 7.27. The molecule has 1 heterocycles. The van der Waals surface area contributed by atoms with Crippen LogP contribution in [0.4, 0.5) is 0 Å². The highest BCUT2D eigenvalue weighted by Crippen LogP contribution is 2.22. The molecule has 0 spiro atoms. The van der Waals surface area contributed by atoms with Crippen molar-refractivity contribution in [1.82, 2.24) is 5.32 Å². The van der Waals surface area contributed by atoms with Gasteiger partial charge in [-0.25, -0.2) is 0 Å². The summed E-state index contributed by atoms with van der Waals surface area (Å²) >= 11 is 0. The van der Waals surface area contributed by atoms with Crippen molar-refractivity contribution in [2.75, 3.05) is 13.2 Å². The minimum Gasteiger partial charge on any atom is -0.394 e. The highest BCUT2D eigenvalue weighted by molar-refractivity contribution is 5.76. The molecule has 0 saturated carbocycles. The maximum atomic E-state index is 13.0. The van der Waals surface area contributed by atoms with Crippen LogP contribution in [0.1, 0.15) is 181 Å². The lowest BCUT2D eigenvalue weighted by molar-refractivity contribution is -0.302. The van der Waals surface area contributed by atoms with E-state index in [-0.39, 0.29) is 12.5 Å². The van der Waals surface area contributed by atoms with Crippen LogP contribution in [0.5, 0.6) is 0 Å². The van der Waals surface area contributed by atoms with Crippen molar-refractivity contribution in [2.45, 2.75) is 224 Å². The second kappa shape index (κ2) is 44.7. The van der Waals surface area contributed by atoms with Crippen molar-refractivity contribution in [1.29, 1.82) is 0 Å². The number of aliphatic hydroxyl groups is 5. The number of nitrogens with one attached hydrogen (secondary N) is 1. The lowest BCUT2D eigenvalue weighted by Crippen LogP contribution is -2.60. The monoisotopic (exact) mass is 908 g/mol. The first kappa shape index (κ1) is 59.9. The van der Waals surface area contributed by atoms with Gasteiger partial charge in [-0.3, -0.25) is 4.79 Å². The third-order valence-electron chi connectivity index (χ3n) is 11.3. The van der Waals surface area contributed by atoms with E-state index in [1.54, 1.807) is 6.08 Å². The van der Waals surface area contributed by atoms with Crippen molar-refractivity contribution < 1.29 is 39.8 Å². The number of hydrogen-bond acceptors (Lipinski definition) is 8. The number of carbonyl (C=O) groups is 1. The van der Waals surface area contributed by atoms with Gasteiger partial charge in [0.15, 0.2) is 6.29 Å². The van der Waals surface area contributed by atoms with Crippen LogP contribution >= 0.6 is 0 Å². The molecule has 0 bridgehead atoms. The van der Waals surface area contributed by atoms with Crippen LogP contribution in [-0.2, 0) is 14.3 Å². The Labute approximate surface area is 396 Å². The number of ether oxygens (including phenoxy) is 2.